The van der Waals surface area contributed by atoms with Crippen LogP contribution in [0.2, 0.25) is 0 Å². The molecule has 3 aromatic rings. The Balaban J connectivity index is 2.29. The quantitative estimate of drug-likeness (QED) is 0.669. The summed E-state index contributed by atoms with van der Waals surface area (Å²) < 4.78 is 6.66. The molecule has 0 bridgehead atoms. The third-order valence-electron chi connectivity index (χ3n) is 3.22. The number of carbonyl (C=O) groups is 1. The lowest BCUT2D eigenvalue weighted by Gasteiger charge is -2.07. The Bertz CT molecular complexity index is 790. The molecule has 0 amide bonds. The SMILES string of the molecule is COC(=O)c1cccc2cnc(-c3cccc(C)c3)n12. The number of fused-ring (bicyclic) bond motifs is 1. The van der Waals surface area contributed by atoms with Gasteiger partial charge in [0.2, 0.25) is 0 Å². The average Bonchev–Trinajstić information content (AvgIpc) is 2.90. The van der Waals surface area contributed by atoms with Crippen molar-refractivity contribution >= 4 is 11.5 Å². The lowest BCUT2D eigenvalue weighted by atomic mass is 10.1. The summed E-state index contributed by atoms with van der Waals surface area (Å²) in [4.78, 5) is 16.3. The number of aromatic nitrogens is 2. The van der Waals surface area contributed by atoms with E-state index in [0.29, 0.717) is 5.69 Å². The summed E-state index contributed by atoms with van der Waals surface area (Å²) in [6.07, 6.45) is 1.75. The van der Waals surface area contributed by atoms with Crippen molar-refractivity contribution in [2.45, 2.75) is 6.92 Å². The largest absolute Gasteiger partial charge is 0.464 e. The van der Waals surface area contributed by atoms with Crippen molar-refractivity contribution in [1.29, 1.82) is 0 Å². The van der Waals surface area contributed by atoms with Gasteiger partial charge in [-0.25, -0.2) is 9.78 Å². The van der Waals surface area contributed by atoms with Crippen LogP contribution in [-0.4, -0.2) is 22.5 Å². The lowest BCUT2D eigenvalue weighted by molar-refractivity contribution is 0.0592. The van der Waals surface area contributed by atoms with Crippen molar-refractivity contribution < 1.29 is 9.53 Å². The van der Waals surface area contributed by atoms with Gasteiger partial charge in [-0.3, -0.25) is 4.40 Å². The van der Waals surface area contributed by atoms with Gasteiger partial charge in [-0.1, -0.05) is 29.8 Å². The molecule has 0 saturated heterocycles. The second-order valence-electron chi connectivity index (χ2n) is 4.61. The van der Waals surface area contributed by atoms with Gasteiger partial charge in [0, 0.05) is 5.56 Å². The van der Waals surface area contributed by atoms with Gasteiger partial charge in [0.05, 0.1) is 18.8 Å². The topological polar surface area (TPSA) is 43.6 Å². The minimum absolute atomic E-state index is 0.373. The molecule has 2 aromatic heterocycles. The molecule has 0 aliphatic carbocycles. The highest BCUT2D eigenvalue weighted by molar-refractivity contribution is 5.89. The summed E-state index contributed by atoms with van der Waals surface area (Å²) >= 11 is 0. The standard InChI is InChI=1S/C16H14N2O2/c1-11-5-3-6-12(9-11)15-17-10-13-7-4-8-14(18(13)15)16(19)20-2/h3-10H,1-2H3. The minimum Gasteiger partial charge on any atom is -0.464 e. The van der Waals surface area contributed by atoms with Crippen molar-refractivity contribution in [3.63, 3.8) is 0 Å². The van der Waals surface area contributed by atoms with Crippen molar-refractivity contribution in [2.24, 2.45) is 0 Å². The molecular formula is C16H14N2O2. The van der Waals surface area contributed by atoms with Crippen LogP contribution in [0.15, 0.2) is 48.7 Å². The molecule has 0 fully saturated rings. The smallest absolute Gasteiger partial charge is 0.355 e. The number of nitrogens with zero attached hydrogens (tertiary/aromatic N) is 2. The number of imidazole rings is 1. The molecule has 0 atom stereocenters. The van der Waals surface area contributed by atoms with E-state index < -0.39 is 0 Å². The predicted octanol–water partition coefficient (Wildman–Crippen LogP) is 3.10. The van der Waals surface area contributed by atoms with E-state index in [0.717, 1.165) is 22.5 Å². The molecule has 0 saturated carbocycles. The fourth-order valence-electron chi connectivity index (χ4n) is 2.30. The molecule has 2 heterocycles. The number of esters is 1. The van der Waals surface area contributed by atoms with Crippen LogP contribution >= 0.6 is 0 Å². The van der Waals surface area contributed by atoms with Gasteiger partial charge >= 0.3 is 5.97 Å². The van der Waals surface area contributed by atoms with Crippen LogP contribution in [0, 0.1) is 6.92 Å². The molecule has 100 valence electrons. The highest BCUT2D eigenvalue weighted by Crippen LogP contribution is 2.22. The van der Waals surface area contributed by atoms with Gasteiger partial charge in [-0.15, -0.1) is 0 Å². The number of pyridine rings is 1. The first-order valence-corrected chi connectivity index (χ1v) is 6.32. The normalized spacial score (nSPS) is 10.7. The Morgan fingerprint density at radius 2 is 2.00 bits per heavy atom. The average molecular weight is 266 g/mol. The Labute approximate surface area is 116 Å². The van der Waals surface area contributed by atoms with Gasteiger partial charge in [0.25, 0.3) is 0 Å². The molecular weight excluding hydrogens is 252 g/mol. The van der Waals surface area contributed by atoms with Gasteiger partial charge in [-0.05, 0) is 25.1 Å². The van der Waals surface area contributed by atoms with Gasteiger partial charge < -0.3 is 4.74 Å². The molecule has 4 heteroatoms. The van der Waals surface area contributed by atoms with Crippen molar-refractivity contribution in [3.05, 3.63) is 59.9 Å². The summed E-state index contributed by atoms with van der Waals surface area (Å²) in [5.41, 5.74) is 3.46. The molecule has 0 unspecified atom stereocenters. The van der Waals surface area contributed by atoms with E-state index in [2.05, 4.69) is 4.98 Å². The third kappa shape index (κ3) is 1.95. The number of ether oxygens (including phenoxy) is 1. The number of hydrogen-bond donors (Lipinski definition) is 0. The highest BCUT2D eigenvalue weighted by Gasteiger charge is 2.15. The van der Waals surface area contributed by atoms with Crippen molar-refractivity contribution in [2.75, 3.05) is 7.11 Å². The first-order valence-electron chi connectivity index (χ1n) is 6.32. The number of rotatable bonds is 2. The Hall–Kier alpha value is -2.62. The number of methoxy groups -OCH3 is 1. The Morgan fingerprint density at radius 3 is 2.75 bits per heavy atom. The molecule has 0 aliphatic rings. The second-order valence-corrected chi connectivity index (χ2v) is 4.61. The Kier molecular flexibility index (Phi) is 2.99. The highest BCUT2D eigenvalue weighted by atomic mass is 16.5. The zero-order valence-corrected chi connectivity index (χ0v) is 11.3. The van der Waals surface area contributed by atoms with Crippen LogP contribution < -0.4 is 0 Å². The summed E-state index contributed by atoms with van der Waals surface area (Å²) in [6, 6.07) is 13.5. The first-order chi connectivity index (χ1) is 9.70. The van der Waals surface area contributed by atoms with Gasteiger partial charge in [0.15, 0.2) is 0 Å². The maximum absolute atomic E-state index is 11.9. The summed E-state index contributed by atoms with van der Waals surface area (Å²) in [6.45, 7) is 2.03. The zero-order chi connectivity index (χ0) is 14.1. The maximum Gasteiger partial charge on any atom is 0.355 e. The molecule has 20 heavy (non-hydrogen) atoms. The lowest BCUT2D eigenvalue weighted by Crippen LogP contribution is -2.08. The monoisotopic (exact) mass is 266 g/mol. The second kappa shape index (κ2) is 4.81. The van der Waals surface area contributed by atoms with E-state index in [4.69, 9.17) is 4.74 Å². The number of hydrogen-bond acceptors (Lipinski definition) is 3. The molecule has 0 aliphatic heterocycles. The van der Waals surface area contributed by atoms with Crippen LogP contribution in [0.3, 0.4) is 0 Å². The molecule has 1 aromatic carbocycles. The van der Waals surface area contributed by atoms with E-state index in [1.807, 2.05) is 47.7 Å². The van der Waals surface area contributed by atoms with Crippen LogP contribution in [0.25, 0.3) is 16.9 Å². The first kappa shape index (κ1) is 12.4. The van der Waals surface area contributed by atoms with Crippen molar-refractivity contribution in [1.82, 2.24) is 9.38 Å². The number of benzene rings is 1. The molecule has 3 rings (SSSR count). The fraction of sp³-hybridized carbons (Fsp3) is 0.125. The number of aryl methyl sites for hydroxylation is 1. The van der Waals surface area contributed by atoms with E-state index in [-0.39, 0.29) is 5.97 Å². The zero-order valence-electron chi connectivity index (χ0n) is 11.3. The predicted molar refractivity (Wildman–Crippen MR) is 76.7 cm³/mol. The van der Waals surface area contributed by atoms with E-state index in [9.17, 15) is 4.79 Å². The van der Waals surface area contributed by atoms with Gasteiger partial charge in [0.1, 0.15) is 11.5 Å². The molecule has 0 radical (unpaired) electrons. The Morgan fingerprint density at radius 1 is 1.20 bits per heavy atom. The molecule has 0 N–H and O–H groups in total. The van der Waals surface area contributed by atoms with Crippen LogP contribution in [0.1, 0.15) is 16.1 Å². The van der Waals surface area contributed by atoms with Crippen LogP contribution in [0.4, 0.5) is 0 Å². The minimum atomic E-state index is -0.373. The van der Waals surface area contributed by atoms with Gasteiger partial charge in [-0.2, -0.15) is 0 Å². The maximum atomic E-state index is 11.9. The van der Waals surface area contributed by atoms with E-state index in [1.165, 1.54) is 7.11 Å². The van der Waals surface area contributed by atoms with Crippen LogP contribution in [-0.2, 0) is 4.74 Å². The van der Waals surface area contributed by atoms with E-state index in [1.54, 1.807) is 12.3 Å². The molecule has 4 nitrogen and oxygen atoms in total. The fourth-order valence-corrected chi connectivity index (χ4v) is 2.30. The summed E-state index contributed by atoms with van der Waals surface area (Å²) in [7, 11) is 1.38. The van der Waals surface area contributed by atoms with Crippen LogP contribution in [0.5, 0.6) is 0 Å². The third-order valence-corrected chi connectivity index (χ3v) is 3.22. The summed E-state index contributed by atoms with van der Waals surface area (Å²) in [5.74, 6) is 0.368. The summed E-state index contributed by atoms with van der Waals surface area (Å²) in [5, 5.41) is 0. The number of carbonyl (C=O) groups excluding carboxylic acids is 1. The van der Waals surface area contributed by atoms with E-state index >= 15 is 0 Å². The molecule has 0 spiro atoms. The van der Waals surface area contributed by atoms with Crippen molar-refractivity contribution in [3.8, 4) is 11.4 Å².